The summed E-state index contributed by atoms with van der Waals surface area (Å²) in [4.78, 5) is 50.2. The van der Waals surface area contributed by atoms with Crippen molar-refractivity contribution in [1.82, 2.24) is 9.47 Å². The van der Waals surface area contributed by atoms with Crippen LogP contribution in [0.1, 0.15) is 21.6 Å². The minimum absolute atomic E-state index is 0.0178. The summed E-state index contributed by atoms with van der Waals surface area (Å²) < 4.78 is 58.6. The molecule has 49 heavy (non-hydrogen) atoms. The van der Waals surface area contributed by atoms with Crippen molar-refractivity contribution in [2.45, 2.75) is 23.9 Å². The summed E-state index contributed by atoms with van der Waals surface area (Å²) >= 11 is -0.231. The summed E-state index contributed by atoms with van der Waals surface area (Å²) in [7, 11) is 3.82. The maximum Gasteiger partial charge on any atom is 0.461 e. The molecule has 10 nitrogen and oxygen atoms in total. The monoisotopic (exact) mass is 696 g/mol. The van der Waals surface area contributed by atoms with E-state index in [2.05, 4.69) is 10.6 Å². The number of nitrogens with zero attached hydrogens (tertiary/aromatic N) is 2. The predicted molar refractivity (Wildman–Crippen MR) is 175 cm³/mol. The quantitative estimate of drug-likeness (QED) is 0.0716. The number of ether oxygens (including phenoxy) is 1. The van der Waals surface area contributed by atoms with Crippen LogP contribution in [-0.2, 0) is 16.3 Å². The van der Waals surface area contributed by atoms with Crippen LogP contribution in [0.4, 0.5) is 38.5 Å². The van der Waals surface area contributed by atoms with Gasteiger partial charge in [-0.1, -0.05) is 12.1 Å². The van der Waals surface area contributed by atoms with Crippen molar-refractivity contribution < 1.29 is 46.5 Å². The lowest BCUT2D eigenvalue weighted by molar-refractivity contribution is -0.182. The molecule has 4 aromatic carbocycles. The standard InChI is InChI=1S/C34H28F4N4O6S/c1-20-30(40-32(44)39-24-9-11-25(12-10-24)46-26-13-15-27(16-14-26)49-34(36,37)38)28-18-23(35)8-17-29(28)42(20)33(45)48-47-31(43)22-6-4-21(5-7-22)19-41(2)3/h4-18H,19H2,1-3H3,(H2,39,40,44). The van der Waals surface area contributed by atoms with Crippen LogP contribution in [0.15, 0.2) is 95.9 Å². The smallest absolute Gasteiger partial charge is 0.457 e. The number of carbonyl (C=O) groups excluding carboxylic acids is 3. The lowest BCUT2D eigenvalue weighted by Crippen LogP contribution is -2.21. The molecule has 0 spiro atoms. The van der Waals surface area contributed by atoms with Gasteiger partial charge in [0, 0.05) is 22.5 Å². The van der Waals surface area contributed by atoms with Crippen LogP contribution in [-0.4, -0.2) is 47.2 Å². The van der Waals surface area contributed by atoms with E-state index in [1.807, 2.05) is 19.0 Å². The van der Waals surface area contributed by atoms with Gasteiger partial charge in [0.05, 0.1) is 22.5 Å². The number of fused-ring (bicyclic) bond motifs is 1. The van der Waals surface area contributed by atoms with Crippen LogP contribution in [0.25, 0.3) is 10.9 Å². The highest BCUT2D eigenvalue weighted by Crippen LogP contribution is 2.38. The van der Waals surface area contributed by atoms with Gasteiger partial charge in [0.25, 0.3) is 0 Å². The number of urea groups is 1. The molecular formula is C34H28F4N4O6S. The molecule has 5 aromatic rings. The average Bonchev–Trinajstić information content (AvgIpc) is 3.30. The first kappa shape index (κ1) is 34.8. The van der Waals surface area contributed by atoms with Crippen LogP contribution in [0.5, 0.6) is 11.5 Å². The first-order valence-corrected chi connectivity index (χ1v) is 15.3. The fraction of sp³-hybridized carbons (Fsp3) is 0.147. The predicted octanol–water partition coefficient (Wildman–Crippen LogP) is 8.96. The van der Waals surface area contributed by atoms with E-state index in [1.165, 1.54) is 73.7 Å². The van der Waals surface area contributed by atoms with Gasteiger partial charge >= 0.3 is 23.6 Å². The number of anilines is 2. The van der Waals surface area contributed by atoms with Crippen LogP contribution < -0.4 is 15.4 Å². The molecule has 5 rings (SSSR count). The Morgan fingerprint density at radius 3 is 2.08 bits per heavy atom. The molecule has 0 unspecified atom stereocenters. The molecular weight excluding hydrogens is 668 g/mol. The number of carbonyl (C=O) groups is 3. The second-order valence-electron chi connectivity index (χ2n) is 10.8. The fourth-order valence-electron chi connectivity index (χ4n) is 4.78. The van der Waals surface area contributed by atoms with Crippen LogP contribution in [0.3, 0.4) is 0 Å². The molecule has 2 N–H and O–H groups in total. The number of alkyl halides is 3. The van der Waals surface area contributed by atoms with Crippen LogP contribution >= 0.6 is 11.8 Å². The van der Waals surface area contributed by atoms with E-state index in [-0.39, 0.29) is 44.5 Å². The van der Waals surface area contributed by atoms with Crippen molar-refractivity contribution >= 4 is 52.1 Å². The Morgan fingerprint density at radius 1 is 0.837 bits per heavy atom. The summed E-state index contributed by atoms with van der Waals surface area (Å²) in [6.45, 7) is 2.15. The molecule has 0 aliphatic carbocycles. The number of amides is 2. The zero-order chi connectivity index (χ0) is 35.3. The average molecular weight is 697 g/mol. The third-order valence-corrected chi connectivity index (χ3v) is 7.61. The van der Waals surface area contributed by atoms with E-state index >= 15 is 0 Å². The fourth-order valence-corrected chi connectivity index (χ4v) is 5.32. The van der Waals surface area contributed by atoms with Gasteiger partial charge in [0.15, 0.2) is 0 Å². The van der Waals surface area contributed by atoms with Crippen molar-refractivity contribution in [3.8, 4) is 11.5 Å². The minimum Gasteiger partial charge on any atom is -0.457 e. The lowest BCUT2D eigenvalue weighted by Gasteiger charge is -2.11. The molecule has 0 fully saturated rings. The Bertz CT molecular complexity index is 1980. The van der Waals surface area contributed by atoms with Gasteiger partial charge < -0.3 is 20.3 Å². The van der Waals surface area contributed by atoms with Gasteiger partial charge in [-0.15, -0.1) is 0 Å². The van der Waals surface area contributed by atoms with Crippen LogP contribution in [0.2, 0.25) is 0 Å². The van der Waals surface area contributed by atoms with E-state index in [9.17, 15) is 31.9 Å². The molecule has 0 radical (unpaired) electrons. The van der Waals surface area contributed by atoms with E-state index in [4.69, 9.17) is 14.5 Å². The Morgan fingerprint density at radius 2 is 1.47 bits per heavy atom. The van der Waals surface area contributed by atoms with Crippen molar-refractivity contribution in [2.24, 2.45) is 0 Å². The summed E-state index contributed by atoms with van der Waals surface area (Å²) in [5.74, 6) is -0.865. The zero-order valence-electron chi connectivity index (χ0n) is 26.1. The van der Waals surface area contributed by atoms with Crippen molar-refractivity contribution in [3.05, 3.63) is 114 Å². The molecule has 0 atom stereocenters. The molecule has 15 heteroatoms. The first-order valence-electron chi connectivity index (χ1n) is 14.4. The second-order valence-corrected chi connectivity index (χ2v) is 12.0. The van der Waals surface area contributed by atoms with Crippen molar-refractivity contribution in [1.29, 1.82) is 0 Å². The Kier molecular flexibility index (Phi) is 10.4. The first-order chi connectivity index (χ1) is 23.3. The molecule has 1 aromatic heterocycles. The number of hydrogen-bond acceptors (Lipinski definition) is 8. The molecule has 1 heterocycles. The number of rotatable bonds is 8. The van der Waals surface area contributed by atoms with Crippen LogP contribution in [0, 0.1) is 12.7 Å². The minimum atomic E-state index is -4.40. The number of thioether (sulfide) groups is 1. The van der Waals surface area contributed by atoms with Crippen molar-refractivity contribution in [2.75, 3.05) is 24.7 Å². The van der Waals surface area contributed by atoms with Crippen molar-refractivity contribution in [3.63, 3.8) is 0 Å². The van der Waals surface area contributed by atoms with E-state index in [1.54, 1.807) is 12.1 Å². The third-order valence-electron chi connectivity index (χ3n) is 6.87. The highest BCUT2D eigenvalue weighted by molar-refractivity contribution is 8.00. The van der Waals surface area contributed by atoms with Gasteiger partial charge in [-0.25, -0.2) is 33.1 Å². The number of hydrogen-bond donors (Lipinski definition) is 2. The Hall–Kier alpha value is -5.54. The second kappa shape index (κ2) is 14.7. The summed E-state index contributed by atoms with van der Waals surface area (Å²) in [6.07, 6.45) is -1.11. The molecule has 2 amide bonds. The van der Waals surface area contributed by atoms with E-state index in [0.717, 1.165) is 22.3 Å². The molecule has 0 saturated heterocycles. The zero-order valence-corrected chi connectivity index (χ0v) is 26.9. The maximum absolute atomic E-state index is 14.3. The summed E-state index contributed by atoms with van der Waals surface area (Å²) in [5.41, 5.74) is -2.50. The Balaban J connectivity index is 1.24. The third kappa shape index (κ3) is 9.09. The molecule has 0 aliphatic heterocycles. The summed E-state index contributed by atoms with van der Waals surface area (Å²) in [6, 6.07) is 20.9. The van der Waals surface area contributed by atoms with Gasteiger partial charge in [-0.2, -0.15) is 13.2 Å². The molecule has 0 saturated carbocycles. The topological polar surface area (TPSA) is 111 Å². The van der Waals surface area contributed by atoms with E-state index < -0.39 is 29.4 Å². The van der Waals surface area contributed by atoms with Gasteiger partial charge in [0.2, 0.25) is 0 Å². The number of halogens is 4. The molecule has 254 valence electrons. The Labute approximate surface area is 281 Å². The lowest BCUT2D eigenvalue weighted by atomic mass is 10.1. The normalized spacial score (nSPS) is 11.3. The number of aromatic nitrogens is 1. The van der Waals surface area contributed by atoms with Gasteiger partial charge in [-0.3, -0.25) is 0 Å². The number of nitrogens with one attached hydrogen (secondary N) is 2. The number of benzene rings is 4. The maximum atomic E-state index is 14.3. The largest absolute Gasteiger partial charge is 0.461 e. The SMILES string of the molecule is Cc1c(NC(=O)Nc2ccc(Oc3ccc(SC(F)(F)F)cc3)cc2)c2cc(F)ccc2n1C(=O)OOC(=O)c1ccc(CN(C)C)cc1. The molecule has 0 bridgehead atoms. The van der Waals surface area contributed by atoms with Gasteiger partial charge in [-0.05, 0) is 117 Å². The summed E-state index contributed by atoms with van der Waals surface area (Å²) in [5, 5.41) is 5.42. The highest BCUT2D eigenvalue weighted by Gasteiger charge is 2.29. The molecule has 0 aliphatic rings. The van der Waals surface area contributed by atoms with E-state index in [0.29, 0.717) is 23.7 Å². The van der Waals surface area contributed by atoms with Gasteiger partial charge in [0.1, 0.15) is 17.3 Å². The highest BCUT2D eigenvalue weighted by atomic mass is 32.2.